The molecule has 4 rings (SSSR count). The van der Waals surface area contributed by atoms with Crippen LogP contribution in [0, 0.1) is 17.8 Å². The molecule has 0 spiro atoms. The number of benzene rings is 1. The van der Waals surface area contributed by atoms with E-state index in [1.54, 1.807) is 0 Å². The summed E-state index contributed by atoms with van der Waals surface area (Å²) in [5, 5.41) is 9.19. The van der Waals surface area contributed by atoms with Gasteiger partial charge in [-0.2, -0.15) is 0 Å². The van der Waals surface area contributed by atoms with Crippen LogP contribution in [0.2, 0.25) is 0 Å². The van der Waals surface area contributed by atoms with Gasteiger partial charge in [0.25, 0.3) is 0 Å². The van der Waals surface area contributed by atoms with Gasteiger partial charge in [-0.3, -0.25) is 4.79 Å². The standard InChI is InChI=1S/C17H20N2O2/c20-17(21)10-19-15-4-2-1-3-14(15)18-16(19)9-13-8-11-5-6-12(13)7-11/h1-4,11-13H,5-10H2,(H,20,21). The van der Waals surface area contributed by atoms with E-state index in [1.165, 1.54) is 25.7 Å². The van der Waals surface area contributed by atoms with Crippen LogP contribution in [0.3, 0.4) is 0 Å². The van der Waals surface area contributed by atoms with Gasteiger partial charge in [-0.1, -0.05) is 18.6 Å². The molecule has 0 amide bonds. The third-order valence-electron chi connectivity index (χ3n) is 5.36. The summed E-state index contributed by atoms with van der Waals surface area (Å²) < 4.78 is 1.89. The van der Waals surface area contributed by atoms with Crippen LogP contribution < -0.4 is 0 Å². The molecular formula is C17H20N2O2. The highest BCUT2D eigenvalue weighted by Crippen LogP contribution is 2.49. The molecule has 3 unspecified atom stereocenters. The van der Waals surface area contributed by atoms with Crippen LogP contribution >= 0.6 is 0 Å². The maximum Gasteiger partial charge on any atom is 0.323 e. The van der Waals surface area contributed by atoms with E-state index in [-0.39, 0.29) is 6.54 Å². The van der Waals surface area contributed by atoms with Crippen LogP contribution in [-0.4, -0.2) is 20.6 Å². The topological polar surface area (TPSA) is 55.1 Å². The molecule has 21 heavy (non-hydrogen) atoms. The SMILES string of the molecule is O=C(O)Cn1c(CC2CC3CCC2C3)nc2ccccc21. The van der Waals surface area contributed by atoms with Crippen molar-refractivity contribution in [2.45, 2.75) is 38.6 Å². The zero-order valence-electron chi connectivity index (χ0n) is 12.0. The van der Waals surface area contributed by atoms with Gasteiger partial charge in [0.05, 0.1) is 11.0 Å². The van der Waals surface area contributed by atoms with Crippen LogP contribution in [0.25, 0.3) is 11.0 Å². The third kappa shape index (κ3) is 2.23. The second-order valence-electron chi connectivity index (χ2n) is 6.64. The number of carbonyl (C=O) groups is 1. The number of imidazole rings is 1. The molecule has 2 aliphatic carbocycles. The Kier molecular flexibility index (Phi) is 2.98. The van der Waals surface area contributed by atoms with Gasteiger partial charge in [0.2, 0.25) is 0 Å². The lowest BCUT2D eigenvalue weighted by Crippen LogP contribution is -2.18. The summed E-state index contributed by atoms with van der Waals surface area (Å²) in [5.74, 6) is 2.61. The summed E-state index contributed by atoms with van der Waals surface area (Å²) in [7, 11) is 0. The molecule has 4 heteroatoms. The van der Waals surface area contributed by atoms with Crippen molar-refractivity contribution >= 4 is 17.0 Å². The zero-order chi connectivity index (χ0) is 14.4. The minimum absolute atomic E-state index is 0.0106. The Morgan fingerprint density at radius 2 is 2.14 bits per heavy atom. The number of rotatable bonds is 4. The van der Waals surface area contributed by atoms with Gasteiger partial charge in [-0.05, 0) is 49.1 Å². The first-order chi connectivity index (χ1) is 10.2. The molecule has 2 fully saturated rings. The smallest absolute Gasteiger partial charge is 0.323 e. The monoisotopic (exact) mass is 284 g/mol. The van der Waals surface area contributed by atoms with Crippen molar-refractivity contribution in [1.29, 1.82) is 0 Å². The lowest BCUT2D eigenvalue weighted by Gasteiger charge is -2.21. The summed E-state index contributed by atoms with van der Waals surface area (Å²) in [5.41, 5.74) is 1.86. The number of aromatic nitrogens is 2. The minimum Gasteiger partial charge on any atom is -0.480 e. The number of hydrogen-bond acceptors (Lipinski definition) is 2. The van der Waals surface area contributed by atoms with E-state index in [2.05, 4.69) is 0 Å². The summed E-state index contributed by atoms with van der Waals surface area (Å²) in [4.78, 5) is 15.9. The van der Waals surface area contributed by atoms with Gasteiger partial charge in [-0.25, -0.2) is 4.98 Å². The fourth-order valence-electron chi connectivity index (χ4n) is 4.45. The van der Waals surface area contributed by atoms with Gasteiger partial charge in [0, 0.05) is 6.42 Å². The van der Waals surface area contributed by atoms with E-state index in [0.717, 1.165) is 35.1 Å². The molecule has 2 aliphatic rings. The molecule has 1 aromatic heterocycles. The molecule has 110 valence electrons. The highest BCUT2D eigenvalue weighted by molar-refractivity contribution is 5.78. The first kappa shape index (κ1) is 12.9. The zero-order valence-corrected chi connectivity index (χ0v) is 12.0. The van der Waals surface area contributed by atoms with Crippen molar-refractivity contribution in [3.63, 3.8) is 0 Å². The summed E-state index contributed by atoms with van der Waals surface area (Å²) in [6.45, 7) is 0.0106. The van der Waals surface area contributed by atoms with Crippen molar-refractivity contribution < 1.29 is 9.90 Å². The summed E-state index contributed by atoms with van der Waals surface area (Å²) in [6, 6.07) is 7.85. The fraction of sp³-hybridized carbons (Fsp3) is 0.529. The maximum absolute atomic E-state index is 11.2. The van der Waals surface area contributed by atoms with Gasteiger partial charge in [0.15, 0.2) is 0 Å². The largest absolute Gasteiger partial charge is 0.480 e. The summed E-state index contributed by atoms with van der Waals surface area (Å²) in [6.07, 6.45) is 6.37. The average molecular weight is 284 g/mol. The van der Waals surface area contributed by atoms with Crippen LogP contribution in [-0.2, 0) is 17.8 Å². The van der Waals surface area contributed by atoms with E-state index in [0.29, 0.717) is 5.92 Å². The van der Waals surface area contributed by atoms with Crippen molar-refractivity contribution in [2.24, 2.45) is 17.8 Å². The predicted molar refractivity (Wildman–Crippen MR) is 80.0 cm³/mol. The van der Waals surface area contributed by atoms with Crippen LogP contribution in [0.4, 0.5) is 0 Å². The van der Waals surface area contributed by atoms with E-state index in [1.807, 2.05) is 28.8 Å². The van der Waals surface area contributed by atoms with E-state index in [4.69, 9.17) is 4.98 Å². The van der Waals surface area contributed by atoms with Crippen molar-refractivity contribution in [1.82, 2.24) is 9.55 Å². The summed E-state index contributed by atoms with van der Waals surface area (Å²) >= 11 is 0. The first-order valence-electron chi connectivity index (χ1n) is 7.86. The third-order valence-corrected chi connectivity index (χ3v) is 5.36. The Morgan fingerprint density at radius 3 is 2.86 bits per heavy atom. The molecule has 1 N–H and O–H groups in total. The molecule has 1 heterocycles. The van der Waals surface area contributed by atoms with E-state index >= 15 is 0 Å². The fourth-order valence-corrected chi connectivity index (χ4v) is 4.45. The van der Waals surface area contributed by atoms with Gasteiger partial charge >= 0.3 is 5.97 Å². The second-order valence-corrected chi connectivity index (χ2v) is 6.64. The van der Waals surface area contributed by atoms with E-state index < -0.39 is 5.97 Å². The lowest BCUT2D eigenvalue weighted by atomic mass is 9.86. The maximum atomic E-state index is 11.2. The quantitative estimate of drug-likeness (QED) is 0.938. The average Bonchev–Trinajstić information content (AvgIpc) is 3.14. The predicted octanol–water partition coefficient (Wildman–Crippen LogP) is 3.10. The Morgan fingerprint density at radius 1 is 1.29 bits per heavy atom. The first-order valence-corrected chi connectivity index (χ1v) is 7.86. The van der Waals surface area contributed by atoms with Crippen LogP contribution in [0.1, 0.15) is 31.5 Å². The molecule has 2 bridgehead atoms. The van der Waals surface area contributed by atoms with Crippen LogP contribution in [0.5, 0.6) is 0 Å². The van der Waals surface area contributed by atoms with Gasteiger partial charge < -0.3 is 9.67 Å². The minimum atomic E-state index is -0.799. The molecule has 4 nitrogen and oxygen atoms in total. The highest BCUT2D eigenvalue weighted by Gasteiger charge is 2.39. The van der Waals surface area contributed by atoms with Gasteiger partial charge in [0.1, 0.15) is 12.4 Å². The molecule has 2 saturated carbocycles. The molecule has 0 aliphatic heterocycles. The molecule has 1 aromatic carbocycles. The van der Waals surface area contributed by atoms with Crippen molar-refractivity contribution in [3.05, 3.63) is 30.1 Å². The van der Waals surface area contributed by atoms with Crippen molar-refractivity contribution in [2.75, 3.05) is 0 Å². The van der Waals surface area contributed by atoms with Crippen LogP contribution in [0.15, 0.2) is 24.3 Å². The highest BCUT2D eigenvalue weighted by atomic mass is 16.4. The van der Waals surface area contributed by atoms with Crippen molar-refractivity contribution in [3.8, 4) is 0 Å². The number of aliphatic carboxylic acids is 1. The van der Waals surface area contributed by atoms with Gasteiger partial charge in [-0.15, -0.1) is 0 Å². The number of hydrogen-bond donors (Lipinski definition) is 1. The number of carboxylic acid groups (broad SMARTS) is 1. The normalized spacial score (nSPS) is 27.5. The molecule has 0 saturated heterocycles. The Bertz CT molecular complexity index is 691. The lowest BCUT2D eigenvalue weighted by molar-refractivity contribution is -0.137. The molecular weight excluding hydrogens is 264 g/mol. The second kappa shape index (κ2) is 4.86. The number of carboxylic acids is 1. The Labute approximate surface area is 123 Å². The number of para-hydroxylation sites is 2. The number of nitrogens with zero attached hydrogens (tertiary/aromatic N) is 2. The molecule has 3 atom stereocenters. The molecule has 2 aromatic rings. The molecule has 0 radical (unpaired) electrons. The Hall–Kier alpha value is -1.84. The van der Waals surface area contributed by atoms with E-state index in [9.17, 15) is 9.90 Å². The number of fused-ring (bicyclic) bond motifs is 3. The Balaban J connectivity index is 1.68.